The Kier molecular flexibility index (Phi) is 4.23. The summed E-state index contributed by atoms with van der Waals surface area (Å²) in [5.41, 5.74) is 8.46. The van der Waals surface area contributed by atoms with Crippen LogP contribution >= 0.6 is 11.8 Å². The molecule has 1 aromatic heterocycles. The van der Waals surface area contributed by atoms with E-state index in [0.29, 0.717) is 0 Å². The lowest BCUT2D eigenvalue weighted by molar-refractivity contribution is 0.681. The van der Waals surface area contributed by atoms with Crippen molar-refractivity contribution in [2.75, 3.05) is 12.0 Å². The van der Waals surface area contributed by atoms with E-state index in [-0.39, 0.29) is 6.04 Å². The van der Waals surface area contributed by atoms with Gasteiger partial charge in [-0.2, -0.15) is 11.8 Å². The predicted octanol–water partition coefficient (Wildman–Crippen LogP) is 2.29. The van der Waals surface area contributed by atoms with Crippen molar-refractivity contribution in [1.29, 1.82) is 0 Å². The highest BCUT2D eigenvalue weighted by molar-refractivity contribution is 7.98. The van der Waals surface area contributed by atoms with Crippen LogP contribution in [0.2, 0.25) is 0 Å². The molecule has 1 atom stereocenters. The number of imidazole rings is 1. The molecular weight excluding hydrogens is 230 g/mol. The van der Waals surface area contributed by atoms with Crippen LogP contribution in [0.3, 0.4) is 0 Å². The van der Waals surface area contributed by atoms with Gasteiger partial charge in [-0.25, -0.2) is 4.98 Å². The van der Waals surface area contributed by atoms with E-state index in [2.05, 4.69) is 27.9 Å². The summed E-state index contributed by atoms with van der Waals surface area (Å²) in [6.45, 7) is 0.955. The molecule has 0 amide bonds. The summed E-state index contributed by atoms with van der Waals surface area (Å²) >= 11 is 1.83. The van der Waals surface area contributed by atoms with Gasteiger partial charge in [-0.15, -0.1) is 0 Å². The monoisotopic (exact) mass is 247 g/mol. The molecule has 0 saturated carbocycles. The number of nitrogens with two attached hydrogens (primary N) is 1. The number of aryl methyl sites for hydroxylation is 1. The summed E-state index contributed by atoms with van der Waals surface area (Å²) in [5, 5.41) is 0. The first-order valence-electron chi connectivity index (χ1n) is 5.62. The van der Waals surface area contributed by atoms with Gasteiger partial charge in [0, 0.05) is 12.3 Å². The first kappa shape index (κ1) is 12.2. The summed E-state index contributed by atoms with van der Waals surface area (Å²) in [6, 6.07) is 10.0. The van der Waals surface area contributed by atoms with Gasteiger partial charge in [0.15, 0.2) is 0 Å². The normalized spacial score (nSPS) is 12.6. The van der Waals surface area contributed by atoms with E-state index < -0.39 is 0 Å². The van der Waals surface area contributed by atoms with Crippen LogP contribution in [-0.2, 0) is 6.54 Å². The lowest BCUT2D eigenvalue weighted by atomic mass is 10.1. The van der Waals surface area contributed by atoms with Crippen molar-refractivity contribution in [3.8, 4) is 0 Å². The van der Waals surface area contributed by atoms with Crippen molar-refractivity contribution in [2.45, 2.75) is 12.6 Å². The van der Waals surface area contributed by atoms with Gasteiger partial charge < -0.3 is 10.3 Å². The third kappa shape index (κ3) is 2.90. The second-order valence-corrected chi connectivity index (χ2v) is 4.88. The summed E-state index contributed by atoms with van der Waals surface area (Å²) in [7, 11) is 0. The van der Waals surface area contributed by atoms with E-state index in [1.54, 1.807) is 0 Å². The van der Waals surface area contributed by atoms with Crippen molar-refractivity contribution in [2.24, 2.45) is 5.73 Å². The van der Waals surface area contributed by atoms with Gasteiger partial charge in [0.05, 0.1) is 24.3 Å². The fourth-order valence-electron chi connectivity index (χ4n) is 1.80. The average Bonchev–Trinajstić information content (AvgIpc) is 2.84. The Labute approximate surface area is 106 Å². The molecule has 0 aliphatic rings. The van der Waals surface area contributed by atoms with Gasteiger partial charge >= 0.3 is 0 Å². The van der Waals surface area contributed by atoms with E-state index >= 15 is 0 Å². The number of aromatic nitrogens is 2. The third-order valence-electron chi connectivity index (χ3n) is 2.76. The van der Waals surface area contributed by atoms with E-state index in [9.17, 15) is 0 Å². The molecule has 90 valence electrons. The standard InChI is InChI=1S/C13H17N3S/c1-17-8-7-16-10-15-9-12(16)13(14)11-5-3-2-4-6-11/h2-6,9-10,13H,7-8,14H2,1H3. The Bertz CT molecular complexity index is 453. The predicted molar refractivity (Wildman–Crippen MR) is 73.1 cm³/mol. The number of rotatable bonds is 5. The number of thioether (sulfide) groups is 1. The van der Waals surface area contributed by atoms with Crippen molar-refractivity contribution in [3.63, 3.8) is 0 Å². The number of hydrogen-bond donors (Lipinski definition) is 1. The minimum atomic E-state index is -0.0967. The molecule has 1 aromatic carbocycles. The zero-order valence-corrected chi connectivity index (χ0v) is 10.7. The molecule has 0 fully saturated rings. The first-order chi connectivity index (χ1) is 8.33. The number of hydrogen-bond acceptors (Lipinski definition) is 3. The zero-order chi connectivity index (χ0) is 12.1. The average molecular weight is 247 g/mol. The molecule has 2 rings (SSSR count). The molecule has 0 bridgehead atoms. The maximum atomic E-state index is 6.27. The minimum Gasteiger partial charge on any atom is -0.332 e. The molecule has 0 radical (unpaired) electrons. The van der Waals surface area contributed by atoms with Gasteiger partial charge in [0.1, 0.15) is 0 Å². The molecule has 17 heavy (non-hydrogen) atoms. The highest BCUT2D eigenvalue weighted by Crippen LogP contribution is 2.19. The molecule has 2 N–H and O–H groups in total. The van der Waals surface area contributed by atoms with E-state index in [4.69, 9.17) is 5.73 Å². The third-order valence-corrected chi connectivity index (χ3v) is 3.35. The molecule has 2 aromatic rings. The van der Waals surface area contributed by atoms with Crippen molar-refractivity contribution >= 4 is 11.8 Å². The Morgan fingerprint density at radius 2 is 2.12 bits per heavy atom. The topological polar surface area (TPSA) is 43.8 Å². The quantitative estimate of drug-likeness (QED) is 0.881. The maximum absolute atomic E-state index is 6.27. The fraction of sp³-hybridized carbons (Fsp3) is 0.308. The van der Waals surface area contributed by atoms with Crippen LogP contribution < -0.4 is 5.73 Å². The Hall–Kier alpha value is -1.26. The lowest BCUT2D eigenvalue weighted by Crippen LogP contribution is -2.17. The number of benzene rings is 1. The largest absolute Gasteiger partial charge is 0.332 e. The van der Waals surface area contributed by atoms with Crippen LogP contribution in [0.5, 0.6) is 0 Å². The van der Waals surface area contributed by atoms with E-state index in [1.165, 1.54) is 0 Å². The van der Waals surface area contributed by atoms with Gasteiger partial charge in [-0.05, 0) is 11.8 Å². The molecule has 3 nitrogen and oxygen atoms in total. The van der Waals surface area contributed by atoms with Crippen LogP contribution in [0.15, 0.2) is 42.9 Å². The molecular formula is C13H17N3S. The smallest absolute Gasteiger partial charge is 0.0949 e. The van der Waals surface area contributed by atoms with E-state index in [0.717, 1.165) is 23.6 Å². The van der Waals surface area contributed by atoms with E-state index in [1.807, 2.05) is 42.5 Å². The molecule has 0 aliphatic heterocycles. The molecule has 1 unspecified atom stereocenters. The fourth-order valence-corrected chi connectivity index (χ4v) is 2.18. The van der Waals surface area contributed by atoms with Crippen molar-refractivity contribution in [3.05, 3.63) is 54.1 Å². The Morgan fingerprint density at radius 3 is 2.82 bits per heavy atom. The summed E-state index contributed by atoms with van der Waals surface area (Å²) < 4.78 is 2.13. The minimum absolute atomic E-state index is 0.0967. The lowest BCUT2D eigenvalue weighted by Gasteiger charge is -2.14. The van der Waals surface area contributed by atoms with Gasteiger partial charge in [0.25, 0.3) is 0 Å². The summed E-state index contributed by atoms with van der Waals surface area (Å²) in [5.74, 6) is 1.07. The Morgan fingerprint density at radius 1 is 1.35 bits per heavy atom. The summed E-state index contributed by atoms with van der Waals surface area (Å²) in [6.07, 6.45) is 5.82. The maximum Gasteiger partial charge on any atom is 0.0949 e. The highest BCUT2D eigenvalue weighted by atomic mass is 32.2. The molecule has 0 aliphatic carbocycles. The highest BCUT2D eigenvalue weighted by Gasteiger charge is 2.12. The van der Waals surface area contributed by atoms with Crippen LogP contribution in [0.4, 0.5) is 0 Å². The first-order valence-corrected chi connectivity index (χ1v) is 7.02. The van der Waals surface area contributed by atoms with Gasteiger partial charge in [0.2, 0.25) is 0 Å². The van der Waals surface area contributed by atoms with Gasteiger partial charge in [-0.1, -0.05) is 30.3 Å². The van der Waals surface area contributed by atoms with Crippen LogP contribution in [0.1, 0.15) is 17.3 Å². The van der Waals surface area contributed by atoms with Crippen molar-refractivity contribution < 1.29 is 0 Å². The molecule has 0 saturated heterocycles. The van der Waals surface area contributed by atoms with Crippen LogP contribution in [0, 0.1) is 0 Å². The SMILES string of the molecule is CSCCn1cncc1C(N)c1ccccc1. The van der Waals surface area contributed by atoms with Crippen LogP contribution in [0.25, 0.3) is 0 Å². The summed E-state index contributed by atoms with van der Waals surface area (Å²) in [4.78, 5) is 4.20. The second-order valence-electron chi connectivity index (χ2n) is 3.89. The molecule has 4 heteroatoms. The number of nitrogens with zero attached hydrogens (tertiary/aromatic N) is 2. The second kappa shape index (κ2) is 5.89. The van der Waals surface area contributed by atoms with Crippen LogP contribution in [-0.4, -0.2) is 21.6 Å². The van der Waals surface area contributed by atoms with Gasteiger partial charge in [-0.3, -0.25) is 0 Å². The molecule has 1 heterocycles. The Balaban J connectivity index is 2.19. The molecule has 0 spiro atoms. The zero-order valence-electron chi connectivity index (χ0n) is 9.91. The van der Waals surface area contributed by atoms with Crippen molar-refractivity contribution in [1.82, 2.24) is 9.55 Å².